The molecule has 0 unspecified atom stereocenters. The maximum Gasteiger partial charge on any atom is 2.00 e. The largest absolute Gasteiger partial charge is 2.00 e. The third-order valence-corrected chi connectivity index (χ3v) is 24.5. The van der Waals surface area contributed by atoms with Gasteiger partial charge >= 0.3 is 40.8 Å². The molecule has 1 aliphatic heterocycles. The summed E-state index contributed by atoms with van der Waals surface area (Å²) in [7, 11) is 0. The second kappa shape index (κ2) is 46.2. The van der Waals surface area contributed by atoms with Gasteiger partial charge in [0.05, 0.1) is 11.2 Å². The number of anilines is 3. The minimum atomic E-state index is -0.833. The van der Waals surface area contributed by atoms with Crippen molar-refractivity contribution in [2.45, 2.75) is 74.4 Å². The molecule has 0 spiro atoms. The summed E-state index contributed by atoms with van der Waals surface area (Å²) in [6.07, 6.45) is 11.1. The Labute approximate surface area is 875 Å². The molecule has 14 nitrogen and oxygen atoms in total. The van der Waals surface area contributed by atoms with E-state index in [4.69, 9.17) is 29.6 Å². The molecule has 0 atom stereocenters. The molecule has 24 rings (SSSR count). The molecule has 14 aromatic carbocycles. The summed E-state index contributed by atoms with van der Waals surface area (Å²) in [4.78, 5) is 43.8. The Kier molecular flexibility index (Phi) is 32.4. The molecule has 708 valence electrons. The first kappa shape index (κ1) is 100. The fraction of sp³-hybridized carbons (Fsp3) is 0.0873. The predicted molar refractivity (Wildman–Crippen MR) is 576 cm³/mol. The molecule has 0 aliphatic carbocycles. The van der Waals surface area contributed by atoms with Crippen LogP contribution in [0, 0.1) is 45.9 Å². The SMILES string of the molecule is CC(=O)O.CC(C)[N-]C(C)C.Cc1cc(-c2ccccc2)cc(C)c1-c1ccnc(-c2[c-]c(-n3c4ccccc4c4cccnc43)ccc2)c1.Cc1cc(-c2ccccc2)cc(C)c1-c1ccnc(-c2[c-]c3c(cc2)c2ccccc2n3-c2ccccn2)c1.[Pd+2].[Pd+2].[Pd].[c-]1c(-c2cc(-c3ccc(-c4ccccc4)cc3)ccn2)cccc1N1c2ccccc2Oc2cccnc21.c1ccc2c(c1)[n-]c1ccccc12. The standard InChI is InChI=1S/2C36H26N3.C34H22N3O.C12H8N.C6H14N.C2H4O2.3Pd/c1-24-20-29(26-10-4-3-5-11-26)21-25(2)35(24)28-17-19-37-33(23-28)27-12-8-13-30(22-27)39-34-16-7-6-14-31(34)32-15-9-18-38-36(32)39;1-24-20-29(26-10-4-3-5-11-26)21-25(2)36(24)28-17-19-37-32(22-28)27-15-16-31-30-12-6-7-13-33(30)39(34(31)23-27)35-14-8-9-18-38-35;1-2-8-24(9-3-1)25-15-17-26(18-16-25)27-19-21-35-30(23-27)28-10-6-11-29(22-28)37-31-12-4-5-13-32(31)38-33-14-7-20-36-34(33)37;1-3-7-11-9(5-1)10-6-2-4-8-12(10)13-11;1-5(2)7-6(3)4;1-2(3)4;;;/h3-21,23H,1-2H3;3-22H,1-2H3;1-21,23H;1-8H;5-6H,1-4H3;1H3,(H,3,4);;;/q5*-1;;;2*+2. The van der Waals surface area contributed by atoms with E-state index in [1.165, 1.54) is 88.3 Å². The number of hydrogen-bond donors (Lipinski definition) is 1. The Morgan fingerprint density at radius 3 is 1.27 bits per heavy atom. The zero-order valence-corrected chi connectivity index (χ0v) is 84.9. The molecule has 0 bridgehead atoms. The summed E-state index contributed by atoms with van der Waals surface area (Å²) in [5.74, 6) is 2.28. The van der Waals surface area contributed by atoms with Gasteiger partial charge < -0.3 is 49.1 Å². The number of aryl methyl sites for hydroxylation is 4. The van der Waals surface area contributed by atoms with Crippen molar-refractivity contribution in [3.8, 4) is 124 Å². The number of aliphatic carboxylic acids is 1. The summed E-state index contributed by atoms with van der Waals surface area (Å²) in [6, 6.07) is 146. The van der Waals surface area contributed by atoms with Gasteiger partial charge in [-0.05, 0) is 246 Å². The quantitative estimate of drug-likeness (QED) is 0.0813. The van der Waals surface area contributed by atoms with Crippen LogP contribution in [0.3, 0.4) is 0 Å². The van der Waals surface area contributed by atoms with Crippen molar-refractivity contribution in [3.63, 3.8) is 0 Å². The number of carboxylic acids is 1. The van der Waals surface area contributed by atoms with Gasteiger partial charge in [-0.3, -0.25) is 4.79 Å². The van der Waals surface area contributed by atoms with E-state index >= 15 is 0 Å². The van der Waals surface area contributed by atoms with E-state index in [0.29, 0.717) is 17.8 Å². The van der Waals surface area contributed by atoms with Crippen molar-refractivity contribution in [3.05, 3.63) is 471 Å². The minimum absolute atomic E-state index is 0. The van der Waals surface area contributed by atoms with Crippen LogP contribution in [0.4, 0.5) is 17.2 Å². The summed E-state index contributed by atoms with van der Waals surface area (Å²) in [5, 5.41) is 18.9. The summed E-state index contributed by atoms with van der Waals surface area (Å²) < 4.78 is 10.5. The predicted octanol–water partition coefficient (Wildman–Crippen LogP) is 32.0. The second-order valence-electron chi connectivity index (χ2n) is 35.0. The number of para-hydroxylation sites is 6. The van der Waals surface area contributed by atoms with Gasteiger partial charge in [-0.15, -0.1) is 107 Å². The molecule has 10 heterocycles. The van der Waals surface area contributed by atoms with Gasteiger partial charge in [-0.1, -0.05) is 294 Å². The third-order valence-electron chi connectivity index (χ3n) is 24.5. The number of pyridine rings is 6. The van der Waals surface area contributed by atoms with Gasteiger partial charge in [0.1, 0.15) is 11.5 Å². The fourth-order valence-electron chi connectivity index (χ4n) is 18.6. The van der Waals surface area contributed by atoms with Crippen molar-refractivity contribution in [2.24, 2.45) is 0 Å². The molecule has 0 amide bonds. The van der Waals surface area contributed by atoms with E-state index in [0.717, 1.165) is 141 Å². The van der Waals surface area contributed by atoms with Crippen molar-refractivity contribution >= 4 is 88.7 Å². The molecule has 1 aliphatic rings. The molecule has 23 aromatic rings. The van der Waals surface area contributed by atoms with Crippen molar-refractivity contribution in [2.75, 3.05) is 4.90 Å². The van der Waals surface area contributed by atoms with Crippen molar-refractivity contribution in [1.82, 2.24) is 44.0 Å². The molecular weight excluding hydrogens is 2030 g/mol. The first-order chi connectivity index (χ1) is 68.5. The molecular formula is C126H100N11O3Pd3-. The van der Waals surface area contributed by atoms with E-state index in [2.05, 4.69) is 398 Å². The van der Waals surface area contributed by atoms with E-state index in [-0.39, 0.29) is 61.3 Å². The third kappa shape index (κ3) is 22.6. The number of hydrogen-bond acceptors (Lipinski definition) is 9. The molecule has 0 saturated carbocycles. The van der Waals surface area contributed by atoms with Gasteiger partial charge in [-0.2, -0.15) is 0 Å². The topological polar surface area (TPSA) is 165 Å². The van der Waals surface area contributed by atoms with Gasteiger partial charge in [0.2, 0.25) is 0 Å². The van der Waals surface area contributed by atoms with Crippen LogP contribution in [0.1, 0.15) is 56.9 Å². The van der Waals surface area contributed by atoms with Crippen LogP contribution in [-0.2, 0) is 66.1 Å². The number of ether oxygens (including phenoxy) is 1. The van der Waals surface area contributed by atoms with Gasteiger partial charge in [-0.25, -0.2) is 15.0 Å². The fourth-order valence-corrected chi connectivity index (χ4v) is 18.6. The Balaban J connectivity index is 0.000000136. The Morgan fingerprint density at radius 2 is 0.741 bits per heavy atom. The molecule has 1 N–H and O–H groups in total. The number of nitrogens with zero attached hydrogens (tertiary/aromatic N) is 11. The Morgan fingerprint density at radius 1 is 0.336 bits per heavy atom. The summed E-state index contributed by atoms with van der Waals surface area (Å²) in [6.45, 7) is 18.2. The number of rotatable bonds is 14. The first-order valence-electron chi connectivity index (χ1n) is 47.0. The van der Waals surface area contributed by atoms with Crippen molar-refractivity contribution in [1.29, 1.82) is 0 Å². The van der Waals surface area contributed by atoms with Gasteiger partial charge in [0.15, 0.2) is 17.3 Å². The van der Waals surface area contributed by atoms with Crippen LogP contribution < -0.4 is 14.6 Å². The first-order valence-corrected chi connectivity index (χ1v) is 47.0. The number of fused-ring (bicyclic) bond motifs is 11. The van der Waals surface area contributed by atoms with E-state index < -0.39 is 5.97 Å². The summed E-state index contributed by atoms with van der Waals surface area (Å²) >= 11 is 0. The maximum atomic E-state index is 9.00. The second-order valence-corrected chi connectivity index (χ2v) is 35.0. The zero-order chi connectivity index (χ0) is 96.1. The molecule has 9 aromatic heterocycles. The molecule has 0 radical (unpaired) electrons. The molecule has 0 saturated heterocycles. The van der Waals surface area contributed by atoms with E-state index in [1.807, 2.05) is 134 Å². The number of aromatic nitrogens is 9. The van der Waals surface area contributed by atoms with Crippen LogP contribution in [0.25, 0.3) is 183 Å². The molecule has 143 heavy (non-hydrogen) atoms. The van der Waals surface area contributed by atoms with E-state index in [9.17, 15) is 0 Å². The minimum Gasteiger partial charge on any atom is -0.658 e. The van der Waals surface area contributed by atoms with Crippen LogP contribution in [0.5, 0.6) is 11.5 Å². The van der Waals surface area contributed by atoms with E-state index in [1.54, 1.807) is 6.20 Å². The number of benzene rings is 14. The maximum absolute atomic E-state index is 9.00. The number of carboxylic acid groups (broad SMARTS) is 1. The Hall–Kier alpha value is -15.6. The Bertz CT molecular complexity index is 8180. The summed E-state index contributed by atoms with van der Waals surface area (Å²) in [5.41, 5.74) is 34.0. The van der Waals surface area contributed by atoms with Crippen LogP contribution in [0.2, 0.25) is 0 Å². The van der Waals surface area contributed by atoms with Crippen LogP contribution in [0.15, 0.2) is 425 Å². The zero-order valence-electron chi connectivity index (χ0n) is 80.2. The van der Waals surface area contributed by atoms with Gasteiger partial charge in [0.25, 0.3) is 5.97 Å². The normalized spacial score (nSPS) is 11.1. The monoisotopic (exact) mass is 2130 g/mol. The van der Waals surface area contributed by atoms with Crippen LogP contribution in [-0.4, -0.2) is 62.2 Å². The van der Waals surface area contributed by atoms with Gasteiger partial charge in [0, 0.05) is 80.8 Å². The smallest absolute Gasteiger partial charge is 0.658 e. The average Bonchev–Trinajstić information content (AvgIpc) is 1.57. The average molecular weight is 2140 g/mol. The molecule has 0 fully saturated rings. The van der Waals surface area contributed by atoms with Crippen LogP contribution >= 0.6 is 0 Å². The molecule has 17 heteroatoms. The van der Waals surface area contributed by atoms with Crippen molar-refractivity contribution < 1.29 is 75.9 Å². The number of carbonyl (C=O) groups is 1.